The molecule has 0 amide bonds. The van der Waals surface area contributed by atoms with Gasteiger partial charge < -0.3 is 3.79 Å². The highest BCUT2D eigenvalue weighted by Crippen LogP contribution is 2.18. The molecule has 0 spiro atoms. The summed E-state index contributed by atoms with van der Waals surface area (Å²) in [4.78, 5) is 2.63. The van der Waals surface area contributed by atoms with Crippen molar-refractivity contribution in [3.63, 3.8) is 0 Å². The van der Waals surface area contributed by atoms with Crippen LogP contribution in [0.2, 0.25) is 10.6 Å². The van der Waals surface area contributed by atoms with E-state index in [0.717, 1.165) is 0 Å². The Hall–Kier alpha value is 0.452. The van der Waals surface area contributed by atoms with E-state index in [1.807, 2.05) is 0 Å². The van der Waals surface area contributed by atoms with Crippen molar-refractivity contribution in [2.45, 2.75) is 90.9 Å². The van der Waals surface area contributed by atoms with Crippen molar-refractivity contribution >= 4 is 14.5 Å². The van der Waals surface area contributed by atoms with Crippen LogP contribution in [-0.2, 0) is 3.79 Å². The average Bonchev–Trinajstić information content (AvgIpc) is 2.37. The van der Waals surface area contributed by atoms with Crippen LogP contribution in [0.3, 0.4) is 0 Å². The van der Waals surface area contributed by atoms with Gasteiger partial charge in [0.1, 0.15) is 0 Å². The molecule has 2 nitrogen and oxygen atoms in total. The van der Waals surface area contributed by atoms with Gasteiger partial charge in [0, 0.05) is 13.1 Å². The summed E-state index contributed by atoms with van der Waals surface area (Å²) in [6, 6.07) is 0. The Morgan fingerprint density at radius 2 is 1.29 bits per heavy atom. The lowest BCUT2D eigenvalue weighted by Gasteiger charge is -2.36. The smallest absolute Gasteiger partial charge is 0.461 e. The molecule has 0 heterocycles. The second-order valence-corrected chi connectivity index (χ2v) is 9.99. The maximum Gasteiger partial charge on any atom is 0.461 e. The van der Waals surface area contributed by atoms with Crippen molar-refractivity contribution < 1.29 is 3.79 Å². The van der Waals surface area contributed by atoms with Gasteiger partial charge in [-0.2, -0.15) is 0 Å². The van der Waals surface area contributed by atoms with Crippen molar-refractivity contribution in [3.05, 3.63) is 0 Å². The van der Waals surface area contributed by atoms with Crippen LogP contribution in [0.25, 0.3) is 0 Å². The molecule has 3 heteroatoms. The van der Waals surface area contributed by atoms with Gasteiger partial charge in [-0.15, -0.1) is 0 Å². The van der Waals surface area contributed by atoms with Gasteiger partial charge in [0.05, 0.1) is 6.23 Å². The van der Waals surface area contributed by atoms with E-state index in [2.05, 4.69) is 53.4 Å². The SMILES string of the molecule is CCCC([O][Al]([CH2]CC)[CH2]CC)N(CC(C)C)CC(C)C. The molecule has 126 valence electrons. The average molecular weight is 314 g/mol. The van der Waals surface area contributed by atoms with Crippen molar-refractivity contribution in [1.82, 2.24) is 4.90 Å². The third kappa shape index (κ3) is 10.7. The molecule has 1 unspecified atom stereocenters. The standard InChI is InChI=1S/C12H26NO.2C3H7.Al/c1-6-7-12(14)13(8-10(2)3)9-11(4)5;2*1-3-2;/h10-12H,6-9H2,1-5H3;2*1,3H2,2H3;/q-1;;;+1. The first-order chi connectivity index (χ1) is 9.94. The second-order valence-electron chi connectivity index (χ2n) is 7.32. The fourth-order valence-corrected chi connectivity index (χ4v) is 5.58. The summed E-state index contributed by atoms with van der Waals surface area (Å²) in [5.74, 6) is 1.42. The van der Waals surface area contributed by atoms with Gasteiger partial charge in [-0.3, -0.25) is 4.90 Å². The molecule has 0 aliphatic heterocycles. The van der Waals surface area contributed by atoms with Gasteiger partial charge in [0.2, 0.25) is 0 Å². The van der Waals surface area contributed by atoms with Crippen LogP contribution in [0, 0.1) is 11.8 Å². The van der Waals surface area contributed by atoms with E-state index in [9.17, 15) is 0 Å². The van der Waals surface area contributed by atoms with E-state index >= 15 is 0 Å². The van der Waals surface area contributed by atoms with Crippen LogP contribution < -0.4 is 0 Å². The van der Waals surface area contributed by atoms with E-state index in [1.165, 1.54) is 49.3 Å². The predicted octanol–water partition coefficient (Wildman–Crippen LogP) is 5.55. The third-order valence-corrected chi connectivity index (χ3v) is 6.85. The Bertz CT molecular complexity index is 217. The molecule has 0 radical (unpaired) electrons. The Kier molecular flexibility index (Phi) is 13.2. The number of hydrogen-bond donors (Lipinski definition) is 0. The fraction of sp³-hybridized carbons (Fsp3) is 1.00. The molecular weight excluding hydrogens is 273 g/mol. The maximum atomic E-state index is 6.70. The first kappa shape index (κ1) is 21.5. The lowest BCUT2D eigenvalue weighted by molar-refractivity contribution is 0.0000399. The Labute approximate surface area is 139 Å². The highest BCUT2D eigenvalue weighted by Gasteiger charge is 2.27. The van der Waals surface area contributed by atoms with Gasteiger partial charge >= 0.3 is 14.5 Å². The van der Waals surface area contributed by atoms with Crippen LogP contribution >= 0.6 is 0 Å². The van der Waals surface area contributed by atoms with Gasteiger partial charge in [0.15, 0.2) is 0 Å². The van der Waals surface area contributed by atoms with E-state index in [-0.39, 0.29) is 0 Å². The van der Waals surface area contributed by atoms with Gasteiger partial charge in [-0.25, -0.2) is 0 Å². The summed E-state index contributed by atoms with van der Waals surface area (Å²) in [5.41, 5.74) is 0. The molecule has 0 aromatic heterocycles. The van der Waals surface area contributed by atoms with Crippen LogP contribution in [-0.4, -0.2) is 38.7 Å². The van der Waals surface area contributed by atoms with E-state index in [0.29, 0.717) is 18.1 Å². The fourth-order valence-electron chi connectivity index (χ4n) is 2.98. The molecule has 0 aromatic rings. The summed E-state index contributed by atoms with van der Waals surface area (Å²) in [5, 5.41) is 2.68. The zero-order chi connectivity index (χ0) is 16.3. The number of hydrogen-bond acceptors (Lipinski definition) is 2. The first-order valence-corrected chi connectivity index (χ1v) is 11.4. The quantitative estimate of drug-likeness (QED) is 0.326. The van der Waals surface area contributed by atoms with Crippen molar-refractivity contribution in [3.8, 4) is 0 Å². The normalized spacial score (nSPS) is 13.4. The largest absolute Gasteiger partial charge is 0.487 e. The van der Waals surface area contributed by atoms with E-state index < -0.39 is 14.5 Å². The highest BCUT2D eigenvalue weighted by atomic mass is 27.2. The van der Waals surface area contributed by atoms with Crippen LogP contribution in [0.15, 0.2) is 0 Å². The van der Waals surface area contributed by atoms with Gasteiger partial charge in [0.25, 0.3) is 0 Å². The minimum absolute atomic E-state index is 0.370. The van der Waals surface area contributed by atoms with Crippen LogP contribution in [0.1, 0.15) is 74.1 Å². The minimum Gasteiger partial charge on any atom is -0.487 e. The Morgan fingerprint density at radius 3 is 1.62 bits per heavy atom. The zero-order valence-electron chi connectivity index (χ0n) is 15.8. The molecule has 0 rings (SSSR count). The van der Waals surface area contributed by atoms with E-state index in [4.69, 9.17) is 3.79 Å². The third-order valence-electron chi connectivity index (χ3n) is 3.71. The molecule has 0 saturated carbocycles. The Morgan fingerprint density at radius 1 is 0.810 bits per heavy atom. The second kappa shape index (κ2) is 12.9. The summed E-state index contributed by atoms with van der Waals surface area (Å²) < 4.78 is 6.70. The number of rotatable bonds is 13. The molecular formula is C18H40AlNO. The van der Waals surface area contributed by atoms with Crippen LogP contribution in [0.4, 0.5) is 0 Å². The Balaban J connectivity index is 4.81. The van der Waals surface area contributed by atoms with Crippen LogP contribution in [0.5, 0.6) is 0 Å². The summed E-state index contributed by atoms with van der Waals surface area (Å²) >= 11 is -1.01. The van der Waals surface area contributed by atoms with Gasteiger partial charge in [-0.05, 0) is 18.3 Å². The summed E-state index contributed by atoms with van der Waals surface area (Å²) in [6.45, 7) is 18.5. The highest BCUT2D eigenvalue weighted by molar-refractivity contribution is 6.51. The lowest BCUT2D eigenvalue weighted by Crippen LogP contribution is -2.44. The number of nitrogens with zero attached hydrogens (tertiary/aromatic N) is 1. The zero-order valence-corrected chi connectivity index (χ0v) is 17.0. The first-order valence-electron chi connectivity index (χ1n) is 9.33. The summed E-state index contributed by atoms with van der Waals surface area (Å²) in [7, 11) is 0. The molecule has 0 bridgehead atoms. The molecule has 0 saturated heterocycles. The minimum atomic E-state index is -1.01. The molecule has 0 aliphatic carbocycles. The monoisotopic (exact) mass is 313 g/mol. The molecule has 0 N–H and O–H groups in total. The molecule has 0 aromatic carbocycles. The molecule has 0 fully saturated rings. The van der Waals surface area contributed by atoms with Crippen molar-refractivity contribution in [1.29, 1.82) is 0 Å². The van der Waals surface area contributed by atoms with Crippen molar-refractivity contribution in [2.75, 3.05) is 13.1 Å². The maximum absolute atomic E-state index is 6.70. The van der Waals surface area contributed by atoms with Gasteiger partial charge in [-0.1, -0.05) is 78.3 Å². The molecule has 21 heavy (non-hydrogen) atoms. The topological polar surface area (TPSA) is 12.5 Å². The predicted molar refractivity (Wildman–Crippen MR) is 97.0 cm³/mol. The molecule has 0 aliphatic rings. The summed E-state index contributed by atoms with van der Waals surface area (Å²) in [6.07, 6.45) is 5.34. The van der Waals surface area contributed by atoms with E-state index in [1.54, 1.807) is 0 Å². The van der Waals surface area contributed by atoms with Crippen molar-refractivity contribution in [2.24, 2.45) is 11.8 Å². The molecule has 1 atom stereocenters. The lowest BCUT2D eigenvalue weighted by atomic mass is 10.1.